The molecule has 0 unspecified atom stereocenters. The van der Waals surface area contributed by atoms with E-state index in [1.165, 1.54) is 7.11 Å². The van der Waals surface area contributed by atoms with Crippen molar-refractivity contribution in [3.8, 4) is 5.75 Å². The molecule has 1 fully saturated rings. The molecule has 0 bridgehead atoms. The van der Waals surface area contributed by atoms with Gasteiger partial charge in [0.25, 0.3) is 11.8 Å². The normalized spacial score (nSPS) is 12.8. The third kappa shape index (κ3) is 5.48. The predicted molar refractivity (Wildman–Crippen MR) is 137 cm³/mol. The number of pyridine rings is 1. The number of aryl methyl sites for hydroxylation is 2. The Hall–Kier alpha value is -4.20. The molecule has 3 aromatic rings. The van der Waals surface area contributed by atoms with Gasteiger partial charge in [0.15, 0.2) is 0 Å². The van der Waals surface area contributed by atoms with Crippen LogP contribution in [0.5, 0.6) is 5.75 Å². The van der Waals surface area contributed by atoms with Crippen LogP contribution in [0, 0.1) is 19.3 Å². The fraction of sp³-hybridized carbons (Fsp3) is 0.259. The lowest BCUT2D eigenvalue weighted by Gasteiger charge is -2.19. The van der Waals surface area contributed by atoms with Gasteiger partial charge in [0.05, 0.1) is 18.4 Å². The number of nitrogens with zero attached hydrogens (tertiary/aromatic N) is 2. The number of hydrogen-bond donors (Lipinski definition) is 3. The van der Waals surface area contributed by atoms with Gasteiger partial charge < -0.3 is 20.3 Å². The number of carbonyl (C=O) groups excluding carboxylic acids is 2. The molecular weight excluding hydrogens is 442 g/mol. The SMILES string of the molecule is COc1cc(C)cc(C(=O)Nc2ccc(C)cn2)c1NC(=O)c1ccc(C(=N)N2CCCC2)cc1. The summed E-state index contributed by atoms with van der Waals surface area (Å²) in [5, 5.41) is 14.0. The van der Waals surface area contributed by atoms with Crippen molar-refractivity contribution in [3.63, 3.8) is 0 Å². The van der Waals surface area contributed by atoms with Crippen LogP contribution in [-0.2, 0) is 0 Å². The monoisotopic (exact) mass is 471 g/mol. The largest absolute Gasteiger partial charge is 0.495 e. The summed E-state index contributed by atoms with van der Waals surface area (Å²) >= 11 is 0. The third-order valence-corrected chi connectivity index (χ3v) is 5.95. The fourth-order valence-electron chi connectivity index (χ4n) is 4.04. The van der Waals surface area contributed by atoms with Gasteiger partial charge in [0, 0.05) is 30.4 Å². The highest BCUT2D eigenvalue weighted by Gasteiger charge is 2.21. The van der Waals surface area contributed by atoms with Crippen LogP contribution in [0.4, 0.5) is 11.5 Å². The van der Waals surface area contributed by atoms with E-state index >= 15 is 0 Å². The summed E-state index contributed by atoms with van der Waals surface area (Å²) in [5.41, 5.74) is 3.52. The summed E-state index contributed by atoms with van der Waals surface area (Å²) in [6, 6.07) is 14.0. The highest BCUT2D eigenvalue weighted by molar-refractivity contribution is 6.13. The van der Waals surface area contributed by atoms with Gasteiger partial charge in [0.1, 0.15) is 17.4 Å². The molecule has 0 atom stereocenters. The fourth-order valence-corrected chi connectivity index (χ4v) is 4.04. The molecule has 2 aromatic carbocycles. The van der Waals surface area contributed by atoms with Crippen molar-refractivity contribution in [2.24, 2.45) is 0 Å². The van der Waals surface area contributed by atoms with Crippen molar-refractivity contribution < 1.29 is 14.3 Å². The lowest BCUT2D eigenvalue weighted by atomic mass is 10.1. The lowest BCUT2D eigenvalue weighted by molar-refractivity contribution is 0.102. The number of amides is 2. The number of likely N-dealkylation sites (tertiary alicyclic amines) is 1. The predicted octanol–water partition coefficient (Wildman–Crippen LogP) is 4.63. The highest BCUT2D eigenvalue weighted by Crippen LogP contribution is 2.31. The van der Waals surface area contributed by atoms with E-state index in [-0.39, 0.29) is 17.2 Å². The zero-order valence-corrected chi connectivity index (χ0v) is 20.1. The molecule has 0 radical (unpaired) electrons. The number of benzene rings is 2. The Morgan fingerprint density at radius 3 is 2.23 bits per heavy atom. The first kappa shape index (κ1) is 23.9. The zero-order valence-electron chi connectivity index (χ0n) is 20.1. The van der Waals surface area contributed by atoms with Crippen LogP contribution < -0.4 is 15.4 Å². The molecule has 8 heteroatoms. The van der Waals surface area contributed by atoms with E-state index in [0.29, 0.717) is 23.0 Å². The number of hydrogen-bond acceptors (Lipinski definition) is 5. The van der Waals surface area contributed by atoms with Gasteiger partial charge in [-0.25, -0.2) is 4.98 Å². The molecule has 1 aliphatic rings. The van der Waals surface area contributed by atoms with E-state index in [1.807, 2.05) is 24.8 Å². The van der Waals surface area contributed by atoms with Gasteiger partial charge in [-0.2, -0.15) is 0 Å². The van der Waals surface area contributed by atoms with Crippen LogP contribution in [-0.4, -0.2) is 47.7 Å². The van der Waals surface area contributed by atoms with E-state index in [0.717, 1.165) is 42.6 Å². The maximum atomic E-state index is 13.1. The first-order valence-electron chi connectivity index (χ1n) is 11.5. The molecule has 3 N–H and O–H groups in total. The van der Waals surface area contributed by atoms with Crippen molar-refractivity contribution in [1.82, 2.24) is 9.88 Å². The van der Waals surface area contributed by atoms with Crippen molar-refractivity contribution in [2.75, 3.05) is 30.8 Å². The second-order valence-corrected chi connectivity index (χ2v) is 8.64. The summed E-state index contributed by atoms with van der Waals surface area (Å²) in [4.78, 5) is 32.5. The van der Waals surface area contributed by atoms with Crippen LogP contribution in [0.3, 0.4) is 0 Å². The first-order chi connectivity index (χ1) is 16.9. The number of ether oxygens (including phenoxy) is 1. The third-order valence-electron chi connectivity index (χ3n) is 5.95. The van der Waals surface area contributed by atoms with Crippen molar-refractivity contribution in [1.29, 1.82) is 5.41 Å². The molecule has 0 spiro atoms. The molecule has 4 rings (SSSR count). The summed E-state index contributed by atoms with van der Waals surface area (Å²) in [6.07, 6.45) is 3.86. The number of anilines is 2. The van der Waals surface area contributed by atoms with Crippen LogP contribution in [0.15, 0.2) is 54.7 Å². The molecule has 8 nitrogen and oxygen atoms in total. The van der Waals surface area contributed by atoms with Crippen molar-refractivity contribution in [3.05, 3.63) is 82.5 Å². The lowest BCUT2D eigenvalue weighted by Crippen LogP contribution is -2.27. The molecule has 2 heterocycles. The van der Waals surface area contributed by atoms with Gasteiger partial charge in [-0.3, -0.25) is 15.0 Å². The summed E-state index contributed by atoms with van der Waals surface area (Å²) in [5.74, 6) is 0.475. The zero-order chi connectivity index (χ0) is 24.9. The van der Waals surface area contributed by atoms with E-state index in [9.17, 15) is 9.59 Å². The minimum atomic E-state index is -0.409. The minimum Gasteiger partial charge on any atom is -0.495 e. The number of nitrogens with one attached hydrogen (secondary N) is 3. The molecular formula is C27H29N5O3. The number of aromatic nitrogens is 1. The summed E-state index contributed by atoms with van der Waals surface area (Å²) < 4.78 is 5.48. The van der Waals surface area contributed by atoms with Gasteiger partial charge in [-0.05, 0) is 68.1 Å². The Bertz CT molecular complexity index is 1250. The number of amidine groups is 1. The second-order valence-electron chi connectivity index (χ2n) is 8.64. The van der Waals surface area contributed by atoms with Crippen LogP contribution in [0.1, 0.15) is 50.2 Å². The van der Waals surface area contributed by atoms with Gasteiger partial charge in [-0.15, -0.1) is 0 Å². The molecule has 1 saturated heterocycles. The van der Waals surface area contributed by atoms with E-state index in [1.54, 1.807) is 48.7 Å². The average molecular weight is 472 g/mol. The molecule has 0 aliphatic carbocycles. The summed E-state index contributed by atoms with van der Waals surface area (Å²) in [7, 11) is 1.49. The average Bonchev–Trinajstić information content (AvgIpc) is 3.41. The molecule has 0 saturated carbocycles. The highest BCUT2D eigenvalue weighted by atomic mass is 16.5. The van der Waals surface area contributed by atoms with Crippen LogP contribution >= 0.6 is 0 Å². The first-order valence-corrected chi connectivity index (χ1v) is 11.5. The molecule has 35 heavy (non-hydrogen) atoms. The molecule has 1 aromatic heterocycles. The second kappa shape index (κ2) is 10.4. The van der Waals surface area contributed by atoms with E-state index < -0.39 is 5.91 Å². The standard InChI is InChI=1S/C27H29N5O3/c1-17-6-11-23(29-16-17)30-27(34)21-14-18(2)15-22(35-3)24(21)31-26(33)20-9-7-19(8-10-20)25(28)32-12-4-5-13-32/h6-11,14-16,28H,4-5,12-13H2,1-3H3,(H,31,33)(H,29,30,34). The Kier molecular flexibility index (Phi) is 7.10. The van der Waals surface area contributed by atoms with Gasteiger partial charge in [-0.1, -0.05) is 18.2 Å². The van der Waals surface area contributed by atoms with Crippen LogP contribution in [0.25, 0.3) is 0 Å². The van der Waals surface area contributed by atoms with Crippen molar-refractivity contribution >= 4 is 29.2 Å². The maximum Gasteiger partial charge on any atom is 0.259 e. The maximum absolute atomic E-state index is 13.1. The molecule has 1 aliphatic heterocycles. The summed E-state index contributed by atoms with van der Waals surface area (Å²) in [6.45, 7) is 5.54. The minimum absolute atomic E-state index is 0.269. The number of carbonyl (C=O) groups is 2. The quantitative estimate of drug-likeness (QED) is 0.359. The van der Waals surface area contributed by atoms with Gasteiger partial charge >= 0.3 is 0 Å². The topological polar surface area (TPSA) is 107 Å². The molecule has 2 amide bonds. The van der Waals surface area contributed by atoms with Crippen LogP contribution in [0.2, 0.25) is 0 Å². The van der Waals surface area contributed by atoms with Crippen molar-refractivity contribution in [2.45, 2.75) is 26.7 Å². The number of rotatable bonds is 6. The van der Waals surface area contributed by atoms with E-state index in [4.69, 9.17) is 10.1 Å². The smallest absolute Gasteiger partial charge is 0.259 e. The van der Waals surface area contributed by atoms with Gasteiger partial charge in [0.2, 0.25) is 0 Å². The molecule has 180 valence electrons. The van der Waals surface area contributed by atoms with E-state index in [2.05, 4.69) is 15.6 Å². The Labute approximate surface area is 204 Å². The Morgan fingerprint density at radius 2 is 1.60 bits per heavy atom. The Balaban J connectivity index is 1.56. The number of methoxy groups -OCH3 is 1. The Morgan fingerprint density at radius 1 is 0.914 bits per heavy atom.